The number of hydrogen-bond donors (Lipinski definition) is 0. The second kappa shape index (κ2) is 9.19. The molecule has 0 saturated carbocycles. The third-order valence-electron chi connectivity index (χ3n) is 8.13. The highest BCUT2D eigenvalue weighted by Gasteiger charge is 2.44. The van der Waals surface area contributed by atoms with E-state index in [1.54, 1.807) is 0 Å². The highest BCUT2D eigenvalue weighted by atomic mass is 14.9. The molecule has 1 nitrogen and oxygen atoms in total. The van der Waals surface area contributed by atoms with Crippen LogP contribution in [0.15, 0.2) is 53.6 Å². The van der Waals surface area contributed by atoms with Crippen LogP contribution in [0.2, 0.25) is 0 Å². The van der Waals surface area contributed by atoms with E-state index in [9.17, 15) is 0 Å². The molecular weight excluding hydrogens is 350 g/mol. The Bertz CT molecular complexity index is 706. The number of fused-ring (bicyclic) bond motifs is 1. The van der Waals surface area contributed by atoms with Crippen molar-refractivity contribution < 1.29 is 0 Å². The quantitative estimate of drug-likeness (QED) is 0.432. The highest BCUT2D eigenvalue weighted by Crippen LogP contribution is 2.48. The van der Waals surface area contributed by atoms with E-state index in [0.717, 1.165) is 23.7 Å². The van der Waals surface area contributed by atoms with Gasteiger partial charge in [-0.2, -0.15) is 0 Å². The fraction of sp³-hybridized carbons (Fsp3) is 0.679. The summed E-state index contributed by atoms with van der Waals surface area (Å²) in [5.41, 5.74) is 1.40. The van der Waals surface area contributed by atoms with Crippen LogP contribution in [0.5, 0.6) is 0 Å². The van der Waals surface area contributed by atoms with E-state index in [4.69, 9.17) is 4.99 Å². The molecule has 0 amide bonds. The van der Waals surface area contributed by atoms with Crippen molar-refractivity contribution in [3.05, 3.63) is 48.6 Å². The van der Waals surface area contributed by atoms with Crippen LogP contribution >= 0.6 is 0 Å². The van der Waals surface area contributed by atoms with Gasteiger partial charge in [-0.3, -0.25) is 4.99 Å². The number of hydrogen-bond acceptors (Lipinski definition) is 1. The maximum Gasteiger partial charge on any atom is 0.0595 e. The second-order valence-corrected chi connectivity index (χ2v) is 10.7. The van der Waals surface area contributed by atoms with Crippen LogP contribution < -0.4 is 0 Å². The van der Waals surface area contributed by atoms with Crippen molar-refractivity contribution >= 4 is 5.71 Å². The lowest BCUT2D eigenvalue weighted by molar-refractivity contribution is 0.127. The van der Waals surface area contributed by atoms with E-state index in [0.29, 0.717) is 29.7 Å². The van der Waals surface area contributed by atoms with E-state index >= 15 is 0 Å². The minimum Gasteiger partial charge on any atom is -0.290 e. The van der Waals surface area contributed by atoms with E-state index < -0.39 is 0 Å². The zero-order valence-corrected chi connectivity index (χ0v) is 19.0. The Hall–Kier alpha value is -1.37. The molecule has 8 unspecified atom stereocenters. The molecule has 4 rings (SSSR count). The van der Waals surface area contributed by atoms with Gasteiger partial charge in [-0.1, -0.05) is 69.4 Å². The van der Waals surface area contributed by atoms with Crippen LogP contribution in [0.3, 0.4) is 0 Å². The van der Waals surface area contributed by atoms with Crippen LogP contribution in [-0.2, 0) is 0 Å². The van der Waals surface area contributed by atoms with Gasteiger partial charge in [0.25, 0.3) is 0 Å². The Balaban J connectivity index is 1.60. The molecular formula is C28H41N. The number of allylic oxidation sites excluding steroid dienone is 7. The van der Waals surface area contributed by atoms with Gasteiger partial charge in [-0.05, 0) is 86.9 Å². The number of rotatable bonds is 5. The maximum absolute atomic E-state index is 5.30. The molecule has 0 saturated heterocycles. The third-order valence-corrected chi connectivity index (χ3v) is 8.13. The van der Waals surface area contributed by atoms with Crippen LogP contribution in [-0.4, -0.2) is 11.8 Å². The normalized spacial score (nSPS) is 40.0. The zero-order chi connectivity index (χ0) is 20.4. The molecule has 0 bridgehead atoms. The Morgan fingerprint density at radius 1 is 1.07 bits per heavy atom. The fourth-order valence-corrected chi connectivity index (χ4v) is 6.75. The first kappa shape index (κ1) is 20.9. The Morgan fingerprint density at radius 2 is 1.93 bits per heavy atom. The molecule has 0 aromatic heterocycles. The maximum atomic E-state index is 5.30. The van der Waals surface area contributed by atoms with Gasteiger partial charge in [-0.25, -0.2) is 0 Å². The van der Waals surface area contributed by atoms with Crippen molar-refractivity contribution in [1.29, 1.82) is 0 Å². The monoisotopic (exact) mass is 391 g/mol. The van der Waals surface area contributed by atoms with Crippen LogP contribution in [0.4, 0.5) is 0 Å². The van der Waals surface area contributed by atoms with Gasteiger partial charge in [0.1, 0.15) is 0 Å². The summed E-state index contributed by atoms with van der Waals surface area (Å²) >= 11 is 0. The molecule has 0 N–H and O–H groups in total. The summed E-state index contributed by atoms with van der Waals surface area (Å²) in [4.78, 5) is 5.30. The molecule has 29 heavy (non-hydrogen) atoms. The van der Waals surface area contributed by atoms with Gasteiger partial charge in [0.05, 0.1) is 6.04 Å². The van der Waals surface area contributed by atoms with Gasteiger partial charge in [-0.15, -0.1) is 0 Å². The average Bonchev–Trinajstić information content (AvgIpc) is 2.74. The molecule has 8 atom stereocenters. The Morgan fingerprint density at radius 3 is 2.62 bits per heavy atom. The van der Waals surface area contributed by atoms with E-state index in [1.165, 1.54) is 44.2 Å². The van der Waals surface area contributed by atoms with Crippen LogP contribution in [0.25, 0.3) is 0 Å². The van der Waals surface area contributed by atoms with Gasteiger partial charge in [0, 0.05) is 11.6 Å². The number of aliphatic imine (C=N–C) groups is 1. The zero-order valence-electron chi connectivity index (χ0n) is 19.0. The Kier molecular flexibility index (Phi) is 6.62. The van der Waals surface area contributed by atoms with Crippen LogP contribution in [0.1, 0.15) is 66.2 Å². The van der Waals surface area contributed by atoms with E-state index in [2.05, 4.69) is 76.3 Å². The van der Waals surface area contributed by atoms with Crippen molar-refractivity contribution in [2.45, 2.75) is 72.3 Å². The smallest absolute Gasteiger partial charge is 0.0595 e. The van der Waals surface area contributed by atoms with Crippen molar-refractivity contribution in [2.75, 3.05) is 0 Å². The fourth-order valence-electron chi connectivity index (χ4n) is 6.75. The lowest BCUT2D eigenvalue weighted by Crippen LogP contribution is -2.45. The topological polar surface area (TPSA) is 12.4 Å². The lowest BCUT2D eigenvalue weighted by atomic mass is 9.60. The molecule has 0 radical (unpaired) electrons. The SMILES string of the molecule is CC1=NC2C(C)C(C(CC(C)C)C3C=CC=CC3)C=CC2C(C2C=CCCC2)C1. The first-order chi connectivity index (χ1) is 14.0. The molecule has 4 aliphatic rings. The molecule has 0 fully saturated rings. The number of nitrogens with zero attached hydrogens (tertiary/aromatic N) is 1. The highest BCUT2D eigenvalue weighted by molar-refractivity contribution is 5.83. The van der Waals surface area contributed by atoms with E-state index in [1.807, 2.05) is 0 Å². The summed E-state index contributed by atoms with van der Waals surface area (Å²) < 4.78 is 0. The predicted molar refractivity (Wildman–Crippen MR) is 126 cm³/mol. The molecule has 1 heterocycles. The summed E-state index contributed by atoms with van der Waals surface area (Å²) in [7, 11) is 0. The Labute approximate surface area is 179 Å². The van der Waals surface area contributed by atoms with Crippen LogP contribution in [0, 0.1) is 47.3 Å². The van der Waals surface area contributed by atoms with Crippen molar-refractivity contribution in [3.8, 4) is 0 Å². The van der Waals surface area contributed by atoms with Gasteiger partial charge in [0.15, 0.2) is 0 Å². The summed E-state index contributed by atoms with van der Waals surface area (Å²) in [5, 5.41) is 0. The predicted octanol–water partition coefficient (Wildman–Crippen LogP) is 7.43. The summed E-state index contributed by atoms with van der Waals surface area (Å²) in [5.74, 6) is 5.60. The first-order valence-electron chi connectivity index (χ1n) is 12.3. The van der Waals surface area contributed by atoms with Crippen molar-refractivity contribution in [1.82, 2.24) is 0 Å². The second-order valence-electron chi connectivity index (χ2n) is 10.7. The summed E-state index contributed by atoms with van der Waals surface area (Å²) in [6, 6.07) is 0.483. The minimum atomic E-state index is 0.483. The lowest BCUT2D eigenvalue weighted by Gasteiger charge is -2.47. The first-order valence-corrected chi connectivity index (χ1v) is 12.3. The largest absolute Gasteiger partial charge is 0.290 e. The molecule has 158 valence electrons. The summed E-state index contributed by atoms with van der Waals surface area (Å²) in [6.45, 7) is 9.58. The van der Waals surface area contributed by atoms with Gasteiger partial charge >= 0.3 is 0 Å². The van der Waals surface area contributed by atoms with E-state index in [-0.39, 0.29) is 0 Å². The van der Waals surface area contributed by atoms with Crippen molar-refractivity contribution in [3.63, 3.8) is 0 Å². The standard InChI is InChI=1S/C28H41N/c1-19(2)17-26(22-11-7-5-8-12-22)24-15-16-25-27(23-13-9-6-10-14-23)18-20(3)29-28(25)21(24)4/h5,7-9,11,13,15-16,19,21-28H,6,10,12,14,17-18H2,1-4H3. The summed E-state index contributed by atoms with van der Waals surface area (Å²) in [6.07, 6.45) is 27.3. The average molecular weight is 392 g/mol. The molecule has 0 aromatic carbocycles. The minimum absolute atomic E-state index is 0.483. The van der Waals surface area contributed by atoms with Gasteiger partial charge in [0.2, 0.25) is 0 Å². The van der Waals surface area contributed by atoms with Crippen molar-refractivity contribution in [2.24, 2.45) is 52.3 Å². The molecule has 3 aliphatic carbocycles. The van der Waals surface area contributed by atoms with Gasteiger partial charge < -0.3 is 0 Å². The molecule has 0 spiro atoms. The molecule has 1 aliphatic heterocycles. The molecule has 1 heteroatoms. The molecule has 0 aromatic rings. The third kappa shape index (κ3) is 4.54.